The van der Waals surface area contributed by atoms with E-state index in [2.05, 4.69) is 26.6 Å². The predicted octanol–water partition coefficient (Wildman–Crippen LogP) is 5.62. The third kappa shape index (κ3) is 5.23. The van der Waals surface area contributed by atoms with Crippen molar-refractivity contribution >= 4 is 22.8 Å². The first-order valence-electron chi connectivity index (χ1n) is 11.6. The summed E-state index contributed by atoms with van der Waals surface area (Å²) >= 11 is 0. The van der Waals surface area contributed by atoms with Gasteiger partial charge in [-0.2, -0.15) is 23.4 Å². The summed E-state index contributed by atoms with van der Waals surface area (Å²) in [4.78, 5) is 17.2. The van der Waals surface area contributed by atoms with Gasteiger partial charge in [0.2, 0.25) is 5.91 Å². The van der Waals surface area contributed by atoms with E-state index in [9.17, 15) is 18.0 Å². The maximum Gasteiger partial charge on any atom is 0.416 e. The van der Waals surface area contributed by atoms with E-state index in [1.54, 1.807) is 29.2 Å². The molecule has 0 saturated heterocycles. The van der Waals surface area contributed by atoms with Crippen molar-refractivity contribution in [3.63, 3.8) is 0 Å². The number of pyridine rings is 1. The Hall–Kier alpha value is -4.47. The first kappa shape index (κ1) is 24.2. The molecule has 0 radical (unpaired) electrons. The molecule has 0 aliphatic heterocycles. The van der Waals surface area contributed by atoms with Gasteiger partial charge in [-0.3, -0.25) is 9.48 Å². The lowest BCUT2D eigenvalue weighted by atomic mass is 10.0. The quantitative estimate of drug-likeness (QED) is 0.326. The number of halogens is 3. The highest BCUT2D eigenvalue weighted by Crippen LogP contribution is 2.31. The van der Waals surface area contributed by atoms with Gasteiger partial charge in [0.1, 0.15) is 6.54 Å². The molecule has 3 aromatic heterocycles. The van der Waals surface area contributed by atoms with E-state index in [0.717, 1.165) is 39.9 Å². The summed E-state index contributed by atoms with van der Waals surface area (Å²) in [6, 6.07) is 16.7. The van der Waals surface area contributed by atoms with Crippen LogP contribution in [-0.2, 0) is 24.1 Å². The summed E-state index contributed by atoms with van der Waals surface area (Å²) in [7, 11) is 0. The van der Waals surface area contributed by atoms with E-state index in [1.165, 1.54) is 10.7 Å². The second kappa shape index (κ2) is 9.53. The lowest BCUT2D eigenvalue weighted by Gasteiger charge is -2.09. The van der Waals surface area contributed by atoms with Crippen LogP contribution in [-0.4, -0.2) is 30.5 Å². The number of anilines is 1. The van der Waals surface area contributed by atoms with E-state index in [0.29, 0.717) is 17.0 Å². The Balaban J connectivity index is 1.31. The van der Waals surface area contributed by atoms with Crippen molar-refractivity contribution in [2.24, 2.45) is 0 Å². The summed E-state index contributed by atoms with van der Waals surface area (Å²) in [5, 5.41) is 12.4. The second-order valence-corrected chi connectivity index (χ2v) is 8.81. The number of benzene rings is 2. The van der Waals surface area contributed by atoms with Gasteiger partial charge >= 0.3 is 6.18 Å². The molecule has 0 spiro atoms. The molecule has 5 aromatic rings. The Kier molecular flexibility index (Phi) is 6.24. The molecule has 0 bridgehead atoms. The Morgan fingerprint density at radius 1 is 1.00 bits per heavy atom. The third-order valence-corrected chi connectivity index (χ3v) is 5.94. The minimum atomic E-state index is -4.41. The summed E-state index contributed by atoms with van der Waals surface area (Å²) < 4.78 is 41.9. The lowest BCUT2D eigenvalue weighted by molar-refractivity contribution is -0.137. The zero-order valence-electron chi connectivity index (χ0n) is 20.1. The monoisotopic (exact) mass is 504 g/mol. The minimum absolute atomic E-state index is 0.0743. The molecular weight excluding hydrogens is 481 g/mol. The number of alkyl halides is 3. The van der Waals surface area contributed by atoms with Crippen molar-refractivity contribution in [3.05, 3.63) is 95.4 Å². The molecule has 1 N–H and O–H groups in total. The van der Waals surface area contributed by atoms with Crippen LogP contribution in [0.1, 0.15) is 22.4 Å². The topological polar surface area (TPSA) is 77.6 Å². The van der Waals surface area contributed by atoms with E-state index in [1.807, 2.05) is 38.1 Å². The number of aromatic nitrogens is 5. The van der Waals surface area contributed by atoms with Crippen LogP contribution in [0.2, 0.25) is 0 Å². The largest absolute Gasteiger partial charge is 0.416 e. The molecule has 0 fully saturated rings. The zero-order chi connectivity index (χ0) is 26.2. The van der Waals surface area contributed by atoms with Gasteiger partial charge in [0.05, 0.1) is 17.8 Å². The van der Waals surface area contributed by atoms with E-state index < -0.39 is 11.7 Å². The van der Waals surface area contributed by atoms with Crippen LogP contribution in [0, 0.1) is 13.8 Å². The highest BCUT2D eigenvalue weighted by molar-refractivity contribution is 5.96. The summed E-state index contributed by atoms with van der Waals surface area (Å²) in [5.74, 6) is -0.0601. The summed E-state index contributed by atoms with van der Waals surface area (Å²) in [6.07, 6.45) is -1.12. The number of amides is 1. The molecule has 37 heavy (non-hydrogen) atoms. The van der Waals surface area contributed by atoms with E-state index >= 15 is 0 Å². The first-order chi connectivity index (χ1) is 17.7. The van der Waals surface area contributed by atoms with Crippen LogP contribution in [0.4, 0.5) is 19.0 Å². The van der Waals surface area contributed by atoms with Gasteiger partial charge in [-0.1, -0.05) is 42.0 Å². The Bertz CT molecular complexity index is 1600. The molecule has 0 aliphatic rings. The number of fused-ring (bicyclic) bond motifs is 1. The van der Waals surface area contributed by atoms with Crippen molar-refractivity contribution in [2.45, 2.75) is 33.1 Å². The fourth-order valence-corrected chi connectivity index (χ4v) is 4.31. The van der Waals surface area contributed by atoms with Crippen molar-refractivity contribution in [3.8, 4) is 11.1 Å². The first-order valence-corrected chi connectivity index (χ1v) is 11.6. The number of rotatable bonds is 6. The van der Waals surface area contributed by atoms with Gasteiger partial charge < -0.3 is 5.32 Å². The van der Waals surface area contributed by atoms with Crippen LogP contribution >= 0.6 is 0 Å². The lowest BCUT2D eigenvalue weighted by Crippen LogP contribution is -2.20. The van der Waals surface area contributed by atoms with Crippen LogP contribution < -0.4 is 5.32 Å². The number of carbonyl (C=O) groups excluding carboxylic acids is 1. The van der Waals surface area contributed by atoms with Crippen molar-refractivity contribution in [1.29, 1.82) is 0 Å². The van der Waals surface area contributed by atoms with Gasteiger partial charge in [-0.15, -0.1) is 0 Å². The molecule has 3 heterocycles. The number of carbonyl (C=O) groups is 1. The molecule has 0 unspecified atom stereocenters. The highest BCUT2D eigenvalue weighted by Gasteiger charge is 2.30. The zero-order valence-corrected chi connectivity index (χ0v) is 20.1. The van der Waals surface area contributed by atoms with Crippen molar-refractivity contribution < 1.29 is 18.0 Å². The van der Waals surface area contributed by atoms with Gasteiger partial charge in [-0.25, -0.2) is 9.67 Å². The van der Waals surface area contributed by atoms with Gasteiger partial charge in [0.15, 0.2) is 11.5 Å². The van der Waals surface area contributed by atoms with E-state index in [4.69, 9.17) is 0 Å². The second-order valence-electron chi connectivity index (χ2n) is 8.81. The van der Waals surface area contributed by atoms with Crippen LogP contribution in [0.25, 0.3) is 22.2 Å². The Morgan fingerprint density at radius 3 is 2.59 bits per heavy atom. The molecule has 5 rings (SSSR count). The predicted molar refractivity (Wildman–Crippen MR) is 134 cm³/mol. The normalized spacial score (nSPS) is 11.7. The molecule has 10 heteroatoms. The smallest absolute Gasteiger partial charge is 0.308 e. The van der Waals surface area contributed by atoms with Crippen molar-refractivity contribution in [1.82, 2.24) is 24.5 Å². The fourth-order valence-electron chi connectivity index (χ4n) is 4.31. The SMILES string of the molecule is Cc1cccc(-c2ccnc3c2c(C)nn3CC(=O)Nc2ccn(Cc3cccc(C(F)(F)F)c3)n2)c1. The summed E-state index contributed by atoms with van der Waals surface area (Å²) in [5.41, 5.74) is 4.27. The Morgan fingerprint density at radius 2 is 1.81 bits per heavy atom. The number of hydrogen-bond donors (Lipinski definition) is 1. The van der Waals surface area contributed by atoms with Crippen LogP contribution in [0.3, 0.4) is 0 Å². The molecular formula is C27H23F3N6O. The molecule has 1 amide bonds. The average molecular weight is 505 g/mol. The van der Waals surface area contributed by atoms with Crippen LogP contribution in [0.15, 0.2) is 73.1 Å². The van der Waals surface area contributed by atoms with Gasteiger partial charge in [0.25, 0.3) is 0 Å². The van der Waals surface area contributed by atoms with Crippen LogP contribution in [0.5, 0.6) is 0 Å². The number of aryl methyl sites for hydroxylation is 2. The third-order valence-electron chi connectivity index (χ3n) is 5.94. The number of nitrogens with zero attached hydrogens (tertiary/aromatic N) is 5. The molecule has 7 nitrogen and oxygen atoms in total. The Labute approximate surface area is 210 Å². The molecule has 0 saturated carbocycles. The number of nitrogens with one attached hydrogen (secondary N) is 1. The molecule has 0 aliphatic carbocycles. The highest BCUT2D eigenvalue weighted by atomic mass is 19.4. The number of hydrogen-bond acceptors (Lipinski definition) is 4. The minimum Gasteiger partial charge on any atom is -0.308 e. The standard InChI is InChI=1S/C27H23F3N6O/c1-17-5-3-7-20(13-17)22-9-11-31-26-25(22)18(2)33-36(26)16-24(37)32-23-10-12-35(34-23)15-19-6-4-8-21(14-19)27(28,29)30/h3-14H,15-16H2,1-2H3,(H,32,34,37). The molecule has 0 atom stereocenters. The fraction of sp³-hybridized carbons (Fsp3) is 0.185. The molecule has 188 valence electrons. The van der Waals surface area contributed by atoms with E-state index in [-0.39, 0.29) is 19.0 Å². The maximum atomic E-state index is 13.0. The van der Waals surface area contributed by atoms with Gasteiger partial charge in [0, 0.05) is 23.8 Å². The maximum absolute atomic E-state index is 13.0. The average Bonchev–Trinajstić information content (AvgIpc) is 3.42. The van der Waals surface area contributed by atoms with Crippen molar-refractivity contribution in [2.75, 3.05) is 5.32 Å². The van der Waals surface area contributed by atoms with Gasteiger partial charge in [-0.05, 0) is 48.7 Å². The molecule has 2 aromatic carbocycles. The summed E-state index contributed by atoms with van der Waals surface area (Å²) in [6.45, 7) is 3.97.